The van der Waals surface area contributed by atoms with Gasteiger partial charge in [0.1, 0.15) is 0 Å². The van der Waals surface area contributed by atoms with E-state index in [1.807, 2.05) is 0 Å². The molecule has 0 saturated carbocycles. The van der Waals surface area contributed by atoms with Crippen molar-refractivity contribution in [2.75, 3.05) is 0 Å². The second kappa shape index (κ2) is 3.94. The van der Waals surface area contributed by atoms with E-state index in [0.29, 0.717) is 5.16 Å². The fraction of sp³-hybridized carbons (Fsp3) is 0.286. The van der Waals surface area contributed by atoms with Crippen LogP contribution in [0.3, 0.4) is 0 Å². The Hall–Kier alpha value is -0.870. The molecule has 1 atom stereocenters. The third-order valence-corrected chi connectivity index (χ3v) is 3.75. The summed E-state index contributed by atoms with van der Waals surface area (Å²) in [6, 6.07) is 15.2. The molecule has 0 nitrogen and oxygen atoms in total. The van der Waals surface area contributed by atoms with E-state index in [1.165, 1.54) is 16.1 Å². The maximum Gasteiger partial charge on any atom is -0.0109 e. The summed E-state index contributed by atoms with van der Waals surface area (Å²) in [4.78, 5) is 0. The molecule has 0 fully saturated rings. The number of hydrogen-bond acceptors (Lipinski definition) is 0. The van der Waals surface area contributed by atoms with Gasteiger partial charge < -0.3 is 0 Å². The normalized spacial score (nSPS) is 12.7. The first-order chi connectivity index (χ1) is 7.06. The minimum absolute atomic E-state index is 0.379. The Balaban J connectivity index is 2.52. The lowest BCUT2D eigenvalue weighted by Gasteiger charge is -2.19. The van der Waals surface area contributed by atoms with Crippen molar-refractivity contribution in [3.05, 3.63) is 42.5 Å². The van der Waals surface area contributed by atoms with E-state index >= 15 is 0 Å². The highest BCUT2D eigenvalue weighted by Crippen LogP contribution is 2.32. The molecule has 0 aromatic heterocycles. The summed E-state index contributed by atoms with van der Waals surface area (Å²) < 4.78 is 0. The van der Waals surface area contributed by atoms with Gasteiger partial charge in [-0.05, 0) is 21.2 Å². The lowest BCUT2D eigenvalue weighted by Crippen LogP contribution is -2.11. The standard InChI is InChI=1S/C14H17P/c1-14(2,3)15-13-10-6-8-11-7-4-5-9-12(11)13/h4-10,15H,1-3H3. The fourth-order valence-electron chi connectivity index (χ4n) is 1.74. The molecule has 15 heavy (non-hydrogen) atoms. The van der Waals surface area contributed by atoms with E-state index in [0.717, 1.165) is 8.58 Å². The highest BCUT2D eigenvalue weighted by Gasteiger charge is 2.12. The van der Waals surface area contributed by atoms with Gasteiger partial charge in [0.05, 0.1) is 0 Å². The summed E-state index contributed by atoms with van der Waals surface area (Å²) in [5.74, 6) is 0. The van der Waals surface area contributed by atoms with Gasteiger partial charge in [-0.1, -0.05) is 71.8 Å². The van der Waals surface area contributed by atoms with Gasteiger partial charge in [-0.3, -0.25) is 0 Å². The monoisotopic (exact) mass is 216 g/mol. The summed E-state index contributed by atoms with van der Waals surface area (Å²) in [5.41, 5.74) is 0. The predicted molar refractivity (Wildman–Crippen MR) is 71.7 cm³/mol. The minimum Gasteiger partial charge on any atom is -0.0842 e. The maximum absolute atomic E-state index is 2.30. The van der Waals surface area contributed by atoms with E-state index < -0.39 is 0 Å². The van der Waals surface area contributed by atoms with Crippen molar-refractivity contribution in [1.82, 2.24) is 0 Å². The lowest BCUT2D eigenvalue weighted by molar-refractivity contribution is 0.799. The quantitative estimate of drug-likeness (QED) is 0.633. The first-order valence-electron chi connectivity index (χ1n) is 5.32. The Kier molecular flexibility index (Phi) is 2.80. The van der Waals surface area contributed by atoms with E-state index in [2.05, 4.69) is 63.2 Å². The molecule has 0 amide bonds. The average Bonchev–Trinajstić information content (AvgIpc) is 2.16. The van der Waals surface area contributed by atoms with Crippen LogP contribution < -0.4 is 5.30 Å². The molecule has 0 aliphatic heterocycles. The molecule has 1 unspecified atom stereocenters. The van der Waals surface area contributed by atoms with Crippen molar-refractivity contribution in [3.8, 4) is 0 Å². The van der Waals surface area contributed by atoms with Gasteiger partial charge in [-0.15, -0.1) is 0 Å². The van der Waals surface area contributed by atoms with Gasteiger partial charge in [0, 0.05) is 0 Å². The highest BCUT2D eigenvalue weighted by atomic mass is 31.1. The second-order valence-corrected chi connectivity index (χ2v) is 7.19. The Morgan fingerprint density at radius 1 is 0.867 bits per heavy atom. The smallest absolute Gasteiger partial charge is 0.0109 e. The minimum atomic E-state index is 0.379. The Labute approximate surface area is 93.5 Å². The zero-order valence-electron chi connectivity index (χ0n) is 9.54. The third-order valence-electron chi connectivity index (χ3n) is 2.30. The molecule has 0 N–H and O–H groups in total. The van der Waals surface area contributed by atoms with Crippen LogP contribution in [-0.4, -0.2) is 5.16 Å². The zero-order chi connectivity index (χ0) is 10.9. The Bertz CT molecular complexity index is 461. The lowest BCUT2D eigenvalue weighted by atomic mass is 10.1. The zero-order valence-corrected chi connectivity index (χ0v) is 10.5. The summed E-state index contributed by atoms with van der Waals surface area (Å²) in [6.45, 7) is 6.90. The Morgan fingerprint density at radius 2 is 1.53 bits per heavy atom. The number of rotatable bonds is 1. The first kappa shape index (κ1) is 10.6. The van der Waals surface area contributed by atoms with Crippen molar-refractivity contribution in [2.24, 2.45) is 0 Å². The SMILES string of the molecule is CC(C)(C)Pc1cccc2ccccc12. The molecular formula is C14H17P. The molecule has 0 spiro atoms. The van der Waals surface area contributed by atoms with Crippen molar-refractivity contribution in [1.29, 1.82) is 0 Å². The summed E-state index contributed by atoms with van der Waals surface area (Å²) in [7, 11) is 0.868. The fourth-order valence-corrected chi connectivity index (χ4v) is 3.09. The van der Waals surface area contributed by atoms with Gasteiger partial charge in [0.15, 0.2) is 0 Å². The molecular weight excluding hydrogens is 199 g/mol. The molecule has 0 aliphatic carbocycles. The van der Waals surface area contributed by atoms with Crippen LogP contribution in [0.1, 0.15) is 20.8 Å². The van der Waals surface area contributed by atoms with E-state index in [9.17, 15) is 0 Å². The second-order valence-electron chi connectivity index (χ2n) is 4.90. The Morgan fingerprint density at radius 3 is 2.27 bits per heavy atom. The van der Waals surface area contributed by atoms with Crippen LogP contribution in [0, 0.1) is 0 Å². The van der Waals surface area contributed by atoms with Crippen molar-refractivity contribution in [2.45, 2.75) is 25.9 Å². The van der Waals surface area contributed by atoms with E-state index in [4.69, 9.17) is 0 Å². The molecule has 0 radical (unpaired) electrons. The predicted octanol–water partition coefficient (Wildman–Crippen LogP) is 3.94. The third kappa shape index (κ3) is 2.58. The van der Waals surface area contributed by atoms with Crippen LogP contribution in [0.5, 0.6) is 0 Å². The average molecular weight is 216 g/mol. The van der Waals surface area contributed by atoms with Gasteiger partial charge >= 0.3 is 0 Å². The largest absolute Gasteiger partial charge is 0.0842 e. The van der Waals surface area contributed by atoms with Crippen LogP contribution in [0.2, 0.25) is 0 Å². The van der Waals surface area contributed by atoms with E-state index in [-0.39, 0.29) is 0 Å². The molecule has 2 aromatic rings. The van der Waals surface area contributed by atoms with Gasteiger partial charge in [0.2, 0.25) is 0 Å². The molecule has 2 aromatic carbocycles. The van der Waals surface area contributed by atoms with Crippen LogP contribution in [0.25, 0.3) is 10.8 Å². The van der Waals surface area contributed by atoms with Crippen LogP contribution in [-0.2, 0) is 0 Å². The molecule has 0 bridgehead atoms. The van der Waals surface area contributed by atoms with Crippen LogP contribution in [0.15, 0.2) is 42.5 Å². The van der Waals surface area contributed by atoms with E-state index in [1.54, 1.807) is 0 Å². The maximum atomic E-state index is 2.30. The topological polar surface area (TPSA) is 0 Å². The van der Waals surface area contributed by atoms with Crippen molar-refractivity contribution in [3.63, 3.8) is 0 Å². The van der Waals surface area contributed by atoms with Crippen LogP contribution >= 0.6 is 8.58 Å². The summed E-state index contributed by atoms with van der Waals surface area (Å²) in [6.07, 6.45) is 0. The first-order valence-corrected chi connectivity index (χ1v) is 6.32. The molecule has 78 valence electrons. The number of hydrogen-bond donors (Lipinski definition) is 0. The summed E-state index contributed by atoms with van der Waals surface area (Å²) in [5, 5.41) is 4.63. The highest BCUT2D eigenvalue weighted by molar-refractivity contribution is 7.49. The van der Waals surface area contributed by atoms with Gasteiger partial charge in [-0.2, -0.15) is 0 Å². The summed E-state index contributed by atoms with van der Waals surface area (Å²) >= 11 is 0. The van der Waals surface area contributed by atoms with Crippen LogP contribution in [0.4, 0.5) is 0 Å². The van der Waals surface area contributed by atoms with Crippen molar-refractivity contribution < 1.29 is 0 Å². The molecule has 0 heterocycles. The molecule has 0 saturated heterocycles. The number of benzene rings is 2. The van der Waals surface area contributed by atoms with Gasteiger partial charge in [0.25, 0.3) is 0 Å². The van der Waals surface area contributed by atoms with Crippen molar-refractivity contribution >= 4 is 24.7 Å². The molecule has 0 aliphatic rings. The molecule has 1 heteroatoms. The van der Waals surface area contributed by atoms with Gasteiger partial charge in [-0.25, -0.2) is 0 Å². The number of fused-ring (bicyclic) bond motifs is 1. The molecule has 2 rings (SSSR count).